The zero-order valence-corrected chi connectivity index (χ0v) is 16.5. The third kappa shape index (κ3) is 4.51. The molecule has 0 saturated carbocycles. The van der Waals surface area contributed by atoms with Crippen molar-refractivity contribution in [2.45, 2.75) is 22.9 Å². The summed E-state index contributed by atoms with van der Waals surface area (Å²) in [5.41, 5.74) is 0.909. The van der Waals surface area contributed by atoms with Gasteiger partial charge in [-0.05, 0) is 60.4 Å². The highest BCUT2D eigenvalue weighted by atomic mass is 35.5. The zero-order chi connectivity index (χ0) is 18.6. The van der Waals surface area contributed by atoms with Gasteiger partial charge in [-0.25, -0.2) is 8.42 Å². The van der Waals surface area contributed by atoms with Gasteiger partial charge in [-0.15, -0.1) is 11.8 Å². The number of rotatable bonds is 7. The van der Waals surface area contributed by atoms with E-state index in [2.05, 4.69) is 0 Å². The van der Waals surface area contributed by atoms with Crippen LogP contribution >= 0.6 is 23.4 Å². The molecular formula is C19H18ClNO3S2. The van der Waals surface area contributed by atoms with Gasteiger partial charge in [-0.2, -0.15) is 4.31 Å². The standard InChI is InChI=1S/C19H18ClNO3S2/c1-25-18-8-4-15(5-9-18)13-21(14-17-3-2-12-24-17)26(22,23)19-10-6-16(20)7-11-19/h2-12H,13-14H2,1H3. The molecular weight excluding hydrogens is 390 g/mol. The summed E-state index contributed by atoms with van der Waals surface area (Å²) in [7, 11) is -3.70. The van der Waals surface area contributed by atoms with Crippen LogP contribution in [-0.2, 0) is 23.1 Å². The lowest BCUT2D eigenvalue weighted by Gasteiger charge is -2.21. The summed E-state index contributed by atoms with van der Waals surface area (Å²) in [6.07, 6.45) is 3.54. The van der Waals surface area contributed by atoms with Crippen LogP contribution in [0.4, 0.5) is 0 Å². The van der Waals surface area contributed by atoms with Gasteiger partial charge in [0.05, 0.1) is 17.7 Å². The van der Waals surface area contributed by atoms with Crippen molar-refractivity contribution in [1.82, 2.24) is 4.31 Å². The van der Waals surface area contributed by atoms with Crippen LogP contribution in [0.25, 0.3) is 0 Å². The molecule has 0 N–H and O–H groups in total. The maximum atomic E-state index is 13.1. The maximum absolute atomic E-state index is 13.1. The van der Waals surface area contributed by atoms with Gasteiger partial charge in [0.25, 0.3) is 0 Å². The molecule has 26 heavy (non-hydrogen) atoms. The molecule has 0 aliphatic rings. The first-order chi connectivity index (χ1) is 12.5. The Labute approximate surface area is 162 Å². The molecule has 0 aliphatic carbocycles. The molecule has 7 heteroatoms. The van der Waals surface area contributed by atoms with Gasteiger partial charge in [0, 0.05) is 16.5 Å². The Balaban J connectivity index is 1.92. The van der Waals surface area contributed by atoms with Crippen molar-refractivity contribution in [3.05, 3.63) is 83.3 Å². The summed E-state index contributed by atoms with van der Waals surface area (Å²) in [5, 5.41) is 0.495. The number of halogens is 1. The molecule has 2 aromatic carbocycles. The number of nitrogens with zero attached hydrogens (tertiary/aromatic N) is 1. The average molecular weight is 408 g/mol. The number of sulfonamides is 1. The Bertz CT molecular complexity index is 937. The molecule has 0 atom stereocenters. The molecule has 0 aliphatic heterocycles. The van der Waals surface area contributed by atoms with Crippen LogP contribution in [0.5, 0.6) is 0 Å². The minimum absolute atomic E-state index is 0.155. The van der Waals surface area contributed by atoms with E-state index in [9.17, 15) is 8.42 Å². The van der Waals surface area contributed by atoms with Gasteiger partial charge in [0.2, 0.25) is 10.0 Å². The van der Waals surface area contributed by atoms with E-state index in [-0.39, 0.29) is 18.0 Å². The molecule has 4 nitrogen and oxygen atoms in total. The van der Waals surface area contributed by atoms with E-state index >= 15 is 0 Å². The average Bonchev–Trinajstić information content (AvgIpc) is 3.15. The predicted octanol–water partition coefficient (Wildman–Crippen LogP) is 5.05. The predicted molar refractivity (Wildman–Crippen MR) is 105 cm³/mol. The van der Waals surface area contributed by atoms with Crippen LogP contribution in [0.15, 0.2) is 81.1 Å². The molecule has 136 valence electrons. The fourth-order valence-corrected chi connectivity index (χ4v) is 4.42. The molecule has 0 spiro atoms. The van der Waals surface area contributed by atoms with Gasteiger partial charge in [0.1, 0.15) is 5.76 Å². The summed E-state index contributed by atoms with van der Waals surface area (Å²) in [6, 6.07) is 17.6. The smallest absolute Gasteiger partial charge is 0.243 e. The first kappa shape index (κ1) is 19.0. The van der Waals surface area contributed by atoms with Crippen LogP contribution in [0.3, 0.4) is 0 Å². The lowest BCUT2D eigenvalue weighted by molar-refractivity contribution is 0.358. The van der Waals surface area contributed by atoms with E-state index in [4.69, 9.17) is 16.0 Å². The molecule has 3 rings (SSSR count). The molecule has 1 aromatic heterocycles. The van der Waals surface area contributed by atoms with E-state index in [0.717, 1.165) is 10.5 Å². The fraction of sp³-hybridized carbons (Fsp3) is 0.158. The Morgan fingerprint density at radius 1 is 1.00 bits per heavy atom. The van der Waals surface area contributed by atoms with E-state index < -0.39 is 10.0 Å². The number of thioether (sulfide) groups is 1. The van der Waals surface area contributed by atoms with Crippen molar-refractivity contribution in [3.63, 3.8) is 0 Å². The van der Waals surface area contributed by atoms with Crippen LogP contribution in [0.2, 0.25) is 5.02 Å². The Hall–Kier alpha value is -1.73. The molecule has 0 saturated heterocycles. The molecule has 0 bridgehead atoms. The van der Waals surface area contributed by atoms with Gasteiger partial charge >= 0.3 is 0 Å². The van der Waals surface area contributed by atoms with Crippen molar-refractivity contribution in [2.75, 3.05) is 6.26 Å². The third-order valence-corrected chi connectivity index (χ3v) is 6.68. The molecule has 1 heterocycles. The Kier molecular flexibility index (Phi) is 6.09. The minimum atomic E-state index is -3.70. The minimum Gasteiger partial charge on any atom is -0.468 e. The maximum Gasteiger partial charge on any atom is 0.243 e. The van der Waals surface area contributed by atoms with Crippen LogP contribution in [0.1, 0.15) is 11.3 Å². The topological polar surface area (TPSA) is 50.5 Å². The summed E-state index contributed by atoms with van der Waals surface area (Å²) in [6.45, 7) is 0.405. The van der Waals surface area contributed by atoms with E-state index in [1.165, 1.54) is 22.7 Å². The molecule has 3 aromatic rings. The van der Waals surface area contributed by atoms with Gasteiger partial charge < -0.3 is 4.42 Å². The lowest BCUT2D eigenvalue weighted by atomic mass is 10.2. The van der Waals surface area contributed by atoms with Gasteiger partial charge in [-0.1, -0.05) is 23.7 Å². The molecule has 0 radical (unpaired) electrons. The SMILES string of the molecule is CSc1ccc(CN(Cc2ccco2)S(=O)(=O)c2ccc(Cl)cc2)cc1. The number of hydrogen-bond acceptors (Lipinski definition) is 4. The van der Waals surface area contributed by atoms with Crippen molar-refractivity contribution in [3.8, 4) is 0 Å². The first-order valence-corrected chi connectivity index (χ1v) is 10.9. The summed E-state index contributed by atoms with van der Waals surface area (Å²) >= 11 is 7.53. The van der Waals surface area contributed by atoms with Crippen molar-refractivity contribution in [1.29, 1.82) is 0 Å². The quantitative estimate of drug-likeness (QED) is 0.514. The van der Waals surface area contributed by atoms with E-state index in [0.29, 0.717) is 10.8 Å². The highest BCUT2D eigenvalue weighted by Crippen LogP contribution is 2.24. The second kappa shape index (κ2) is 8.31. The Morgan fingerprint density at radius 2 is 1.69 bits per heavy atom. The second-order valence-corrected chi connectivity index (χ2v) is 8.91. The first-order valence-electron chi connectivity index (χ1n) is 7.90. The fourth-order valence-electron chi connectivity index (χ4n) is 2.49. The summed E-state index contributed by atoms with van der Waals surface area (Å²) < 4.78 is 33.0. The second-order valence-electron chi connectivity index (χ2n) is 5.65. The molecule has 0 fully saturated rings. The van der Waals surface area contributed by atoms with Crippen LogP contribution in [-0.4, -0.2) is 19.0 Å². The summed E-state index contributed by atoms with van der Waals surface area (Å²) in [4.78, 5) is 1.33. The normalized spacial score (nSPS) is 11.8. The lowest BCUT2D eigenvalue weighted by Crippen LogP contribution is -2.30. The van der Waals surface area contributed by atoms with Gasteiger partial charge in [0.15, 0.2) is 0 Å². The van der Waals surface area contributed by atoms with Gasteiger partial charge in [-0.3, -0.25) is 0 Å². The number of furan rings is 1. The van der Waals surface area contributed by atoms with E-state index in [1.54, 1.807) is 36.0 Å². The van der Waals surface area contributed by atoms with E-state index in [1.807, 2.05) is 30.5 Å². The third-order valence-electron chi connectivity index (χ3n) is 3.88. The highest BCUT2D eigenvalue weighted by Gasteiger charge is 2.25. The molecule has 0 unspecified atom stereocenters. The number of benzene rings is 2. The highest BCUT2D eigenvalue weighted by molar-refractivity contribution is 7.98. The number of hydrogen-bond donors (Lipinski definition) is 0. The van der Waals surface area contributed by atoms with Crippen molar-refractivity contribution < 1.29 is 12.8 Å². The summed E-state index contributed by atoms with van der Waals surface area (Å²) in [5.74, 6) is 0.586. The monoisotopic (exact) mass is 407 g/mol. The van der Waals surface area contributed by atoms with Crippen molar-refractivity contribution in [2.24, 2.45) is 0 Å². The largest absolute Gasteiger partial charge is 0.468 e. The zero-order valence-electron chi connectivity index (χ0n) is 14.1. The van der Waals surface area contributed by atoms with Crippen LogP contribution in [0, 0.1) is 0 Å². The Morgan fingerprint density at radius 3 is 2.27 bits per heavy atom. The van der Waals surface area contributed by atoms with Crippen molar-refractivity contribution >= 4 is 33.4 Å². The molecule has 0 amide bonds. The van der Waals surface area contributed by atoms with Crippen LogP contribution < -0.4 is 0 Å².